The van der Waals surface area contributed by atoms with Crippen molar-refractivity contribution in [1.82, 2.24) is 5.32 Å². The summed E-state index contributed by atoms with van der Waals surface area (Å²) in [5.74, 6) is -0.133. The number of carbonyl (C=O) groups excluding carboxylic acids is 1. The molecule has 1 unspecified atom stereocenters. The molecule has 1 N–H and O–H groups in total. The molecule has 0 aliphatic carbocycles. The fraction of sp³-hybridized carbons (Fsp3) is 0.235. The minimum atomic E-state index is -0.595. The minimum Gasteiger partial charge on any atom is -0.360 e. The van der Waals surface area contributed by atoms with Crippen LogP contribution in [0, 0.1) is 0 Å². The van der Waals surface area contributed by atoms with Crippen molar-refractivity contribution in [3.63, 3.8) is 0 Å². The van der Waals surface area contributed by atoms with Gasteiger partial charge in [-0.1, -0.05) is 54.6 Å². The number of fused-ring (bicyclic) bond motifs is 1. The van der Waals surface area contributed by atoms with Crippen LogP contribution in [0.1, 0.15) is 18.6 Å². The Kier molecular flexibility index (Phi) is 4.91. The Labute approximate surface area is 119 Å². The van der Waals surface area contributed by atoms with Gasteiger partial charge in [-0.2, -0.15) is 0 Å². The number of nitrogens with one attached hydrogen (secondary N) is 1. The molecule has 0 aliphatic rings. The average Bonchev–Trinajstić information content (AvgIpc) is 2.50. The molecule has 2 aromatic carbocycles. The Balaban J connectivity index is 2.42. The van der Waals surface area contributed by atoms with E-state index in [2.05, 4.69) is 5.32 Å². The molecule has 2 aromatic rings. The Morgan fingerprint density at radius 3 is 2.75 bits per heavy atom. The standard InChI is InChI=1S/C17H19NO2/c1-3-4-12-20-16(17(19)18-2)15-11-7-9-13-8-5-6-10-14(13)15/h3-11,16H,12H2,1-2H3,(H,18,19)/b4-3+. The maximum absolute atomic E-state index is 12.1. The third kappa shape index (κ3) is 3.06. The van der Waals surface area contributed by atoms with Gasteiger partial charge in [-0.15, -0.1) is 0 Å². The van der Waals surface area contributed by atoms with Crippen LogP contribution in [0.3, 0.4) is 0 Å². The molecule has 1 amide bonds. The monoisotopic (exact) mass is 269 g/mol. The summed E-state index contributed by atoms with van der Waals surface area (Å²) in [6.45, 7) is 2.34. The second kappa shape index (κ2) is 6.87. The lowest BCUT2D eigenvalue weighted by Crippen LogP contribution is -2.28. The summed E-state index contributed by atoms with van der Waals surface area (Å²) in [4.78, 5) is 12.1. The lowest BCUT2D eigenvalue weighted by atomic mass is 10.00. The van der Waals surface area contributed by atoms with Crippen molar-refractivity contribution in [3.8, 4) is 0 Å². The minimum absolute atomic E-state index is 0.133. The van der Waals surface area contributed by atoms with Crippen LogP contribution < -0.4 is 5.32 Å². The Morgan fingerprint density at radius 2 is 2.00 bits per heavy atom. The van der Waals surface area contributed by atoms with Gasteiger partial charge in [-0.3, -0.25) is 4.79 Å². The van der Waals surface area contributed by atoms with Crippen LogP contribution >= 0.6 is 0 Å². The molecule has 0 saturated carbocycles. The fourth-order valence-corrected chi connectivity index (χ4v) is 2.16. The molecule has 0 saturated heterocycles. The number of carbonyl (C=O) groups is 1. The maximum Gasteiger partial charge on any atom is 0.253 e. The van der Waals surface area contributed by atoms with Gasteiger partial charge < -0.3 is 10.1 Å². The van der Waals surface area contributed by atoms with E-state index in [1.54, 1.807) is 7.05 Å². The Morgan fingerprint density at radius 1 is 1.25 bits per heavy atom. The van der Waals surface area contributed by atoms with Crippen molar-refractivity contribution >= 4 is 16.7 Å². The number of ether oxygens (including phenoxy) is 1. The number of allylic oxidation sites excluding steroid dienone is 1. The van der Waals surface area contributed by atoms with Gasteiger partial charge in [-0.25, -0.2) is 0 Å². The Hall–Kier alpha value is -2.13. The van der Waals surface area contributed by atoms with Gasteiger partial charge in [0.15, 0.2) is 6.10 Å². The first-order valence-electron chi connectivity index (χ1n) is 6.70. The first-order chi connectivity index (χ1) is 9.77. The van der Waals surface area contributed by atoms with Gasteiger partial charge in [0.25, 0.3) is 5.91 Å². The van der Waals surface area contributed by atoms with Gasteiger partial charge in [-0.05, 0) is 23.3 Å². The quantitative estimate of drug-likeness (QED) is 0.846. The summed E-state index contributed by atoms with van der Waals surface area (Å²) in [5, 5.41) is 4.82. The second-order valence-corrected chi connectivity index (χ2v) is 4.47. The molecule has 0 heterocycles. The highest BCUT2D eigenvalue weighted by molar-refractivity contribution is 5.92. The molecule has 3 nitrogen and oxygen atoms in total. The third-order valence-electron chi connectivity index (χ3n) is 3.19. The highest BCUT2D eigenvalue weighted by Gasteiger charge is 2.21. The number of amides is 1. The first-order valence-corrected chi connectivity index (χ1v) is 6.70. The number of hydrogen-bond acceptors (Lipinski definition) is 2. The third-order valence-corrected chi connectivity index (χ3v) is 3.19. The predicted molar refractivity (Wildman–Crippen MR) is 81.5 cm³/mol. The van der Waals surface area contributed by atoms with Gasteiger partial charge >= 0.3 is 0 Å². The molecule has 0 aliphatic heterocycles. The number of likely N-dealkylation sites (N-methyl/N-ethyl adjacent to an activating group) is 1. The summed E-state index contributed by atoms with van der Waals surface area (Å²) in [7, 11) is 1.62. The zero-order chi connectivity index (χ0) is 14.4. The van der Waals surface area contributed by atoms with Gasteiger partial charge in [0, 0.05) is 7.05 Å². The average molecular weight is 269 g/mol. The molecular weight excluding hydrogens is 250 g/mol. The van der Waals surface area contributed by atoms with Crippen LogP contribution in [-0.4, -0.2) is 19.6 Å². The molecule has 0 aromatic heterocycles. The predicted octanol–water partition coefficient (Wildman–Crippen LogP) is 3.22. The summed E-state index contributed by atoms with van der Waals surface area (Å²) in [6, 6.07) is 13.9. The molecule has 1 atom stereocenters. The first kappa shape index (κ1) is 14.3. The van der Waals surface area contributed by atoms with Crippen molar-refractivity contribution in [2.75, 3.05) is 13.7 Å². The molecule has 20 heavy (non-hydrogen) atoms. The van der Waals surface area contributed by atoms with Crippen LogP contribution in [-0.2, 0) is 9.53 Å². The van der Waals surface area contributed by atoms with Crippen LogP contribution in [0.2, 0.25) is 0 Å². The van der Waals surface area contributed by atoms with Crippen LogP contribution in [0.5, 0.6) is 0 Å². The van der Waals surface area contributed by atoms with E-state index in [1.165, 1.54) is 0 Å². The van der Waals surface area contributed by atoms with Crippen molar-refractivity contribution in [2.24, 2.45) is 0 Å². The van der Waals surface area contributed by atoms with E-state index in [0.29, 0.717) is 6.61 Å². The number of hydrogen-bond donors (Lipinski definition) is 1. The molecule has 0 spiro atoms. The molecule has 0 fully saturated rings. The SMILES string of the molecule is C/C=C/COC(C(=O)NC)c1cccc2ccccc12. The normalized spacial score (nSPS) is 12.7. The highest BCUT2D eigenvalue weighted by Crippen LogP contribution is 2.26. The molecule has 104 valence electrons. The zero-order valence-electron chi connectivity index (χ0n) is 11.8. The lowest BCUT2D eigenvalue weighted by Gasteiger charge is -2.18. The van der Waals surface area contributed by atoms with Crippen molar-refractivity contribution in [2.45, 2.75) is 13.0 Å². The van der Waals surface area contributed by atoms with E-state index in [4.69, 9.17) is 4.74 Å². The molecule has 2 rings (SSSR count). The van der Waals surface area contributed by atoms with Gasteiger partial charge in [0.1, 0.15) is 0 Å². The maximum atomic E-state index is 12.1. The highest BCUT2D eigenvalue weighted by atomic mass is 16.5. The second-order valence-electron chi connectivity index (χ2n) is 4.47. The summed E-state index contributed by atoms with van der Waals surface area (Å²) < 4.78 is 5.73. The van der Waals surface area contributed by atoms with E-state index in [0.717, 1.165) is 16.3 Å². The van der Waals surface area contributed by atoms with Crippen LogP contribution in [0.25, 0.3) is 10.8 Å². The summed E-state index contributed by atoms with van der Waals surface area (Å²) >= 11 is 0. The number of benzene rings is 2. The molecule has 0 bridgehead atoms. The van der Waals surface area contributed by atoms with Gasteiger partial charge in [0.2, 0.25) is 0 Å². The van der Waals surface area contributed by atoms with Crippen LogP contribution in [0.15, 0.2) is 54.6 Å². The van der Waals surface area contributed by atoms with Crippen molar-refractivity contribution < 1.29 is 9.53 Å². The van der Waals surface area contributed by atoms with E-state index in [9.17, 15) is 4.79 Å². The largest absolute Gasteiger partial charge is 0.360 e. The van der Waals surface area contributed by atoms with Crippen molar-refractivity contribution in [1.29, 1.82) is 0 Å². The fourth-order valence-electron chi connectivity index (χ4n) is 2.16. The van der Waals surface area contributed by atoms with Crippen LogP contribution in [0.4, 0.5) is 0 Å². The summed E-state index contributed by atoms with van der Waals surface area (Å²) in [5.41, 5.74) is 0.895. The van der Waals surface area contributed by atoms with E-state index in [1.807, 2.05) is 61.5 Å². The van der Waals surface area contributed by atoms with Crippen molar-refractivity contribution in [3.05, 3.63) is 60.2 Å². The summed E-state index contributed by atoms with van der Waals surface area (Å²) in [6.07, 6.45) is 3.20. The van der Waals surface area contributed by atoms with E-state index >= 15 is 0 Å². The zero-order valence-corrected chi connectivity index (χ0v) is 11.8. The molecule has 0 radical (unpaired) electrons. The number of rotatable bonds is 5. The van der Waals surface area contributed by atoms with Gasteiger partial charge in [0.05, 0.1) is 6.61 Å². The smallest absolute Gasteiger partial charge is 0.253 e. The molecular formula is C17H19NO2. The van der Waals surface area contributed by atoms with E-state index < -0.39 is 6.10 Å². The topological polar surface area (TPSA) is 38.3 Å². The van der Waals surface area contributed by atoms with E-state index in [-0.39, 0.29) is 5.91 Å². The lowest BCUT2D eigenvalue weighted by molar-refractivity contribution is -0.131. The Bertz CT molecular complexity index is 614. The molecule has 3 heteroatoms.